The van der Waals surface area contributed by atoms with Gasteiger partial charge in [-0.15, -0.1) is 0 Å². The number of nitrogens with zero attached hydrogens (tertiary/aromatic N) is 1. The average molecular weight is 335 g/mol. The lowest BCUT2D eigenvalue weighted by atomic mass is 10.1. The fourth-order valence-electron chi connectivity index (χ4n) is 1.98. The number of benzene rings is 2. The largest absolute Gasteiger partial charge is 0.306 e. The molecule has 0 spiro atoms. The van der Waals surface area contributed by atoms with Crippen LogP contribution < -0.4 is 5.32 Å². The summed E-state index contributed by atoms with van der Waals surface area (Å²) in [6.45, 7) is 2.50. The predicted molar refractivity (Wildman–Crippen MR) is 82.5 cm³/mol. The van der Waals surface area contributed by atoms with Gasteiger partial charge in [0.15, 0.2) is 0 Å². The van der Waals surface area contributed by atoms with E-state index in [9.17, 15) is 10.1 Å². The van der Waals surface area contributed by atoms with Gasteiger partial charge < -0.3 is 5.32 Å². The van der Waals surface area contributed by atoms with Crippen LogP contribution in [0.2, 0.25) is 0 Å². The number of nitrogens with one attached hydrogen (secondary N) is 1. The summed E-state index contributed by atoms with van der Waals surface area (Å²) in [5.41, 5.74) is 1.97. The van der Waals surface area contributed by atoms with Gasteiger partial charge in [0, 0.05) is 28.7 Å². The fourth-order valence-corrected chi connectivity index (χ4v) is 2.33. The molecule has 0 unspecified atom stereocenters. The van der Waals surface area contributed by atoms with Gasteiger partial charge in [0.05, 0.1) is 4.92 Å². The summed E-state index contributed by atoms with van der Waals surface area (Å²) >= 11 is 3.26. The highest BCUT2D eigenvalue weighted by atomic mass is 79.9. The van der Waals surface area contributed by atoms with Gasteiger partial charge in [-0.05, 0) is 24.6 Å². The molecule has 104 valence electrons. The summed E-state index contributed by atoms with van der Waals surface area (Å²) in [4.78, 5) is 10.7. The zero-order valence-electron chi connectivity index (χ0n) is 11.0. The molecule has 0 aromatic heterocycles. The van der Waals surface area contributed by atoms with E-state index in [-0.39, 0.29) is 16.7 Å². The highest BCUT2D eigenvalue weighted by Gasteiger charge is 2.14. The van der Waals surface area contributed by atoms with Gasteiger partial charge in [-0.2, -0.15) is 0 Å². The molecule has 0 bridgehead atoms. The molecule has 4 nitrogen and oxygen atoms in total. The van der Waals surface area contributed by atoms with Crippen LogP contribution in [0.3, 0.4) is 0 Å². The molecular weight excluding hydrogens is 320 g/mol. The zero-order chi connectivity index (χ0) is 14.5. The van der Waals surface area contributed by atoms with E-state index < -0.39 is 0 Å². The Morgan fingerprint density at radius 3 is 2.60 bits per heavy atom. The number of hydrogen-bond acceptors (Lipinski definition) is 3. The van der Waals surface area contributed by atoms with E-state index in [0.29, 0.717) is 16.6 Å². The SMILES string of the molecule is C[C@H](NCc1ccc(Br)cc1[N+](=O)[O-])c1ccccc1. The summed E-state index contributed by atoms with van der Waals surface area (Å²) in [5.74, 6) is 0. The minimum absolute atomic E-state index is 0.132. The third-order valence-electron chi connectivity index (χ3n) is 3.14. The van der Waals surface area contributed by atoms with Crippen molar-refractivity contribution in [3.8, 4) is 0 Å². The lowest BCUT2D eigenvalue weighted by Gasteiger charge is -2.14. The van der Waals surface area contributed by atoms with Gasteiger partial charge >= 0.3 is 0 Å². The number of halogens is 1. The molecule has 0 amide bonds. The first-order valence-electron chi connectivity index (χ1n) is 6.29. The summed E-state index contributed by atoms with van der Waals surface area (Å²) in [5, 5.41) is 14.4. The molecule has 2 rings (SSSR count). The van der Waals surface area contributed by atoms with E-state index in [2.05, 4.69) is 21.2 Å². The van der Waals surface area contributed by atoms with Gasteiger partial charge in [0.25, 0.3) is 5.69 Å². The summed E-state index contributed by atoms with van der Waals surface area (Å²) in [7, 11) is 0. The second-order valence-electron chi connectivity index (χ2n) is 4.54. The average Bonchev–Trinajstić information content (AvgIpc) is 2.46. The van der Waals surface area contributed by atoms with Crippen LogP contribution in [-0.2, 0) is 6.54 Å². The van der Waals surface area contributed by atoms with Crippen molar-refractivity contribution in [3.05, 3.63) is 74.2 Å². The molecule has 0 saturated heterocycles. The van der Waals surface area contributed by atoms with Gasteiger partial charge in [-0.1, -0.05) is 46.3 Å². The van der Waals surface area contributed by atoms with Crippen molar-refractivity contribution in [1.82, 2.24) is 5.32 Å². The molecule has 1 N–H and O–H groups in total. The molecule has 0 aliphatic heterocycles. The molecule has 20 heavy (non-hydrogen) atoms. The van der Waals surface area contributed by atoms with Crippen LogP contribution in [0.5, 0.6) is 0 Å². The number of nitro benzene ring substituents is 1. The quantitative estimate of drug-likeness (QED) is 0.658. The maximum Gasteiger partial charge on any atom is 0.275 e. The van der Waals surface area contributed by atoms with Crippen molar-refractivity contribution in [2.45, 2.75) is 19.5 Å². The lowest BCUT2D eigenvalue weighted by Crippen LogP contribution is -2.18. The van der Waals surface area contributed by atoms with Crippen molar-refractivity contribution >= 4 is 21.6 Å². The van der Waals surface area contributed by atoms with E-state index in [1.54, 1.807) is 6.07 Å². The number of hydrogen-bond donors (Lipinski definition) is 1. The van der Waals surface area contributed by atoms with Crippen LogP contribution in [0.25, 0.3) is 0 Å². The summed E-state index contributed by atoms with van der Waals surface area (Å²) < 4.78 is 0.712. The van der Waals surface area contributed by atoms with E-state index in [1.807, 2.05) is 43.3 Å². The summed E-state index contributed by atoms with van der Waals surface area (Å²) in [6, 6.07) is 15.3. The molecule has 0 aliphatic carbocycles. The molecule has 0 heterocycles. The van der Waals surface area contributed by atoms with E-state index in [4.69, 9.17) is 0 Å². The highest BCUT2D eigenvalue weighted by Crippen LogP contribution is 2.24. The van der Waals surface area contributed by atoms with Crippen LogP contribution >= 0.6 is 15.9 Å². The molecule has 2 aromatic rings. The molecule has 1 atom stereocenters. The Labute approximate surface area is 126 Å². The fraction of sp³-hybridized carbons (Fsp3) is 0.200. The number of rotatable bonds is 5. The Morgan fingerprint density at radius 2 is 1.95 bits per heavy atom. The second-order valence-corrected chi connectivity index (χ2v) is 5.46. The Bertz CT molecular complexity index is 602. The third-order valence-corrected chi connectivity index (χ3v) is 3.64. The van der Waals surface area contributed by atoms with E-state index >= 15 is 0 Å². The molecule has 0 fully saturated rings. The Balaban J connectivity index is 2.09. The maximum absolute atomic E-state index is 11.0. The minimum atomic E-state index is -0.352. The van der Waals surface area contributed by atoms with Gasteiger partial charge in [0.1, 0.15) is 0 Å². The minimum Gasteiger partial charge on any atom is -0.306 e. The maximum atomic E-state index is 11.0. The zero-order valence-corrected chi connectivity index (χ0v) is 12.6. The molecular formula is C15H15BrN2O2. The smallest absolute Gasteiger partial charge is 0.275 e. The van der Waals surface area contributed by atoms with Crippen LogP contribution in [0.1, 0.15) is 24.1 Å². The first-order chi connectivity index (χ1) is 9.58. The second kappa shape index (κ2) is 6.63. The third kappa shape index (κ3) is 3.65. The highest BCUT2D eigenvalue weighted by molar-refractivity contribution is 9.10. The molecule has 0 radical (unpaired) electrons. The molecule has 5 heteroatoms. The Hall–Kier alpha value is -1.72. The van der Waals surface area contributed by atoms with Crippen LogP contribution in [0, 0.1) is 10.1 Å². The molecule has 2 aromatic carbocycles. The monoisotopic (exact) mass is 334 g/mol. The van der Waals surface area contributed by atoms with Crippen LogP contribution in [-0.4, -0.2) is 4.92 Å². The predicted octanol–water partition coefficient (Wildman–Crippen LogP) is 4.21. The Kier molecular flexibility index (Phi) is 4.87. The number of nitro groups is 1. The van der Waals surface area contributed by atoms with Gasteiger partial charge in [-0.3, -0.25) is 10.1 Å². The molecule has 0 aliphatic rings. The van der Waals surface area contributed by atoms with Crippen molar-refractivity contribution in [2.75, 3.05) is 0 Å². The van der Waals surface area contributed by atoms with Crippen LogP contribution in [0.4, 0.5) is 5.69 Å². The van der Waals surface area contributed by atoms with E-state index in [1.165, 1.54) is 6.07 Å². The Morgan fingerprint density at radius 1 is 1.25 bits per heavy atom. The standard InChI is InChI=1S/C15H15BrN2O2/c1-11(12-5-3-2-4-6-12)17-10-13-7-8-14(16)9-15(13)18(19)20/h2-9,11,17H,10H2,1H3/t11-/m0/s1. The first-order valence-corrected chi connectivity index (χ1v) is 7.08. The van der Waals surface area contributed by atoms with Crippen molar-refractivity contribution in [3.63, 3.8) is 0 Å². The summed E-state index contributed by atoms with van der Waals surface area (Å²) in [6.07, 6.45) is 0. The van der Waals surface area contributed by atoms with Crippen molar-refractivity contribution in [2.24, 2.45) is 0 Å². The van der Waals surface area contributed by atoms with Gasteiger partial charge in [-0.25, -0.2) is 0 Å². The molecule has 0 saturated carbocycles. The topological polar surface area (TPSA) is 55.2 Å². The van der Waals surface area contributed by atoms with Crippen molar-refractivity contribution < 1.29 is 4.92 Å². The normalized spacial score (nSPS) is 12.1. The van der Waals surface area contributed by atoms with Gasteiger partial charge in [0.2, 0.25) is 0 Å². The van der Waals surface area contributed by atoms with E-state index in [0.717, 1.165) is 5.56 Å². The van der Waals surface area contributed by atoms with Crippen LogP contribution in [0.15, 0.2) is 53.0 Å². The van der Waals surface area contributed by atoms with Crippen molar-refractivity contribution in [1.29, 1.82) is 0 Å². The first kappa shape index (κ1) is 14.7. The lowest BCUT2D eigenvalue weighted by molar-refractivity contribution is -0.385.